The number of hydrogen-bond donors (Lipinski definition) is 1. The predicted octanol–water partition coefficient (Wildman–Crippen LogP) is 8.64. The fourth-order valence-corrected chi connectivity index (χ4v) is 7.21. The summed E-state index contributed by atoms with van der Waals surface area (Å²) in [5.41, 5.74) is 5.53. The molecule has 0 unspecified atom stereocenters. The number of nitrogens with one attached hydrogen (secondary N) is 1. The van der Waals surface area contributed by atoms with E-state index in [1.807, 2.05) is 86.6 Å². The molecule has 2 atom stereocenters. The number of ketones is 1. The van der Waals surface area contributed by atoms with Gasteiger partial charge in [-0.25, -0.2) is 4.79 Å². The number of aryl methyl sites for hydroxylation is 2. The van der Waals surface area contributed by atoms with Gasteiger partial charge in [-0.2, -0.15) is 0 Å². The van der Waals surface area contributed by atoms with Gasteiger partial charge in [0.15, 0.2) is 12.1 Å². The smallest absolute Gasteiger partial charge is 0.338 e. The summed E-state index contributed by atoms with van der Waals surface area (Å²) in [7, 11) is 0. The fourth-order valence-electron chi connectivity index (χ4n) is 7.21. The number of carbonyl (C=O) groups excluding carboxylic acids is 3. The number of amides is 1. The van der Waals surface area contributed by atoms with Gasteiger partial charge in [0.25, 0.3) is 5.91 Å². The van der Waals surface area contributed by atoms with E-state index in [1.54, 1.807) is 42.5 Å². The quantitative estimate of drug-likeness (QED) is 0.0945. The van der Waals surface area contributed by atoms with Crippen molar-refractivity contribution < 1.29 is 38.1 Å². The molecule has 0 bridgehead atoms. The van der Waals surface area contributed by atoms with Gasteiger partial charge < -0.3 is 29.0 Å². The summed E-state index contributed by atoms with van der Waals surface area (Å²) in [6, 6.07) is 35.1. The lowest BCUT2D eigenvalue weighted by atomic mass is 9.90. The van der Waals surface area contributed by atoms with E-state index >= 15 is 0 Å². The van der Waals surface area contributed by atoms with Gasteiger partial charge in [-0.15, -0.1) is 0 Å². The second-order valence-electron chi connectivity index (χ2n) is 14.0. The Morgan fingerprint density at radius 2 is 1.31 bits per heavy atom. The first-order valence-electron chi connectivity index (χ1n) is 18.8. The molecule has 1 saturated carbocycles. The highest BCUT2D eigenvalue weighted by molar-refractivity contribution is 6.14. The monoisotopic (exact) mass is 739 g/mol. The van der Waals surface area contributed by atoms with Crippen LogP contribution in [0.1, 0.15) is 96.4 Å². The van der Waals surface area contributed by atoms with E-state index in [0.29, 0.717) is 83.1 Å². The third-order valence-electron chi connectivity index (χ3n) is 9.99. The molecule has 9 heteroatoms. The van der Waals surface area contributed by atoms with Crippen LogP contribution in [0.5, 0.6) is 11.5 Å². The number of rotatable bonds is 13. The molecule has 0 spiro atoms. The molecule has 1 N–H and O–H groups in total. The molecule has 5 aromatic carbocycles. The molecule has 1 heterocycles. The maximum absolute atomic E-state index is 14.6. The average molecular weight is 740 g/mol. The minimum atomic E-state index is -0.707. The van der Waals surface area contributed by atoms with Gasteiger partial charge in [0.05, 0.1) is 30.4 Å². The number of esters is 1. The average Bonchev–Trinajstić information content (AvgIpc) is 3.65. The molecule has 1 saturated heterocycles. The second kappa shape index (κ2) is 17.6. The zero-order chi connectivity index (χ0) is 38.1. The molecule has 2 aliphatic rings. The Labute approximate surface area is 321 Å². The normalized spacial score (nSPS) is 17.0. The fraction of sp³-hybridized carbons (Fsp3) is 0.283. The van der Waals surface area contributed by atoms with Crippen molar-refractivity contribution in [3.8, 4) is 11.5 Å². The first-order valence-corrected chi connectivity index (χ1v) is 18.8. The maximum Gasteiger partial charge on any atom is 0.338 e. The molecule has 1 aliphatic heterocycles. The molecule has 7 rings (SSSR count). The highest BCUT2D eigenvalue weighted by Crippen LogP contribution is 2.35. The van der Waals surface area contributed by atoms with Gasteiger partial charge in [-0.3, -0.25) is 9.59 Å². The van der Waals surface area contributed by atoms with E-state index in [-0.39, 0.29) is 24.3 Å². The minimum absolute atomic E-state index is 0.242. The van der Waals surface area contributed by atoms with Crippen LogP contribution in [0.2, 0.25) is 0 Å². The van der Waals surface area contributed by atoms with Gasteiger partial charge in [0.2, 0.25) is 0 Å². The Kier molecular flexibility index (Phi) is 12.0. The Morgan fingerprint density at radius 1 is 0.673 bits per heavy atom. The summed E-state index contributed by atoms with van der Waals surface area (Å²) in [5, 5.41) is 3.07. The summed E-state index contributed by atoms with van der Waals surface area (Å²) in [5.74, 6) is 0.0922. The molecule has 1 aliphatic carbocycles. The van der Waals surface area contributed by atoms with Crippen LogP contribution in [-0.4, -0.2) is 43.0 Å². The van der Waals surface area contributed by atoms with Crippen LogP contribution >= 0.6 is 0 Å². The Morgan fingerprint density at radius 3 is 1.96 bits per heavy atom. The van der Waals surface area contributed by atoms with E-state index < -0.39 is 18.4 Å². The summed E-state index contributed by atoms with van der Waals surface area (Å²) in [6.07, 6.45) is 1.71. The van der Waals surface area contributed by atoms with Crippen LogP contribution < -0.4 is 14.8 Å². The molecule has 0 aromatic heterocycles. The lowest BCUT2D eigenvalue weighted by Crippen LogP contribution is -2.42. The third kappa shape index (κ3) is 9.13. The van der Waals surface area contributed by atoms with Crippen molar-refractivity contribution in [3.05, 3.63) is 165 Å². The van der Waals surface area contributed by atoms with Crippen molar-refractivity contribution >= 4 is 17.7 Å². The van der Waals surface area contributed by atoms with E-state index in [9.17, 15) is 14.4 Å². The number of hydrogen-bond acceptors (Lipinski definition) is 8. The van der Waals surface area contributed by atoms with Crippen molar-refractivity contribution in [1.29, 1.82) is 0 Å². The van der Waals surface area contributed by atoms with Crippen molar-refractivity contribution in [2.45, 2.75) is 71.2 Å². The Balaban J connectivity index is 1.03. The third-order valence-corrected chi connectivity index (χ3v) is 9.99. The number of carbonyl (C=O) groups is 3. The van der Waals surface area contributed by atoms with Crippen LogP contribution in [0, 0.1) is 13.8 Å². The zero-order valence-corrected chi connectivity index (χ0v) is 31.1. The highest BCUT2D eigenvalue weighted by Gasteiger charge is 2.33. The summed E-state index contributed by atoms with van der Waals surface area (Å²) >= 11 is 0. The molecule has 2 fully saturated rings. The van der Waals surface area contributed by atoms with Crippen LogP contribution in [0.15, 0.2) is 115 Å². The summed E-state index contributed by atoms with van der Waals surface area (Å²) in [4.78, 5) is 41.4. The van der Waals surface area contributed by atoms with Gasteiger partial charge in [0.1, 0.15) is 30.8 Å². The Hall–Kier alpha value is -5.77. The molecule has 1 amide bonds. The largest absolute Gasteiger partial charge is 0.489 e. The minimum Gasteiger partial charge on any atom is -0.489 e. The van der Waals surface area contributed by atoms with Crippen molar-refractivity contribution in [1.82, 2.24) is 5.32 Å². The second-order valence-corrected chi connectivity index (χ2v) is 14.0. The first-order chi connectivity index (χ1) is 26.8. The van der Waals surface area contributed by atoms with E-state index in [1.165, 1.54) is 0 Å². The molecular formula is C46H45NO8. The number of ether oxygens (including phenoxy) is 5. The molecule has 9 nitrogen and oxygen atoms in total. The van der Waals surface area contributed by atoms with E-state index in [0.717, 1.165) is 24.0 Å². The number of benzene rings is 5. The molecular weight excluding hydrogens is 695 g/mol. The predicted molar refractivity (Wildman–Crippen MR) is 207 cm³/mol. The van der Waals surface area contributed by atoms with Crippen molar-refractivity contribution in [2.75, 3.05) is 13.2 Å². The van der Waals surface area contributed by atoms with Gasteiger partial charge >= 0.3 is 5.97 Å². The van der Waals surface area contributed by atoms with Gasteiger partial charge in [0, 0.05) is 16.7 Å². The Bertz CT molecular complexity index is 2090. The van der Waals surface area contributed by atoms with Crippen molar-refractivity contribution in [3.63, 3.8) is 0 Å². The summed E-state index contributed by atoms with van der Waals surface area (Å²) in [6.45, 7) is 5.38. The van der Waals surface area contributed by atoms with Crippen molar-refractivity contribution in [2.24, 2.45) is 0 Å². The van der Waals surface area contributed by atoms with Gasteiger partial charge in [-0.1, -0.05) is 72.8 Å². The van der Waals surface area contributed by atoms with Crippen LogP contribution in [0.4, 0.5) is 0 Å². The van der Waals surface area contributed by atoms with E-state index in [2.05, 4.69) is 5.32 Å². The SMILES string of the molecule is Cc1cc(C(=O)O[C@@H]2CCC[C@H]2NC(=O)c2ccc(OCc3ccccc3)cc2)cc(C)c1C(=O)c1c(OCc2ccccc2)cccc1C1OCCCO1. The lowest BCUT2D eigenvalue weighted by Gasteiger charge is -2.26. The summed E-state index contributed by atoms with van der Waals surface area (Å²) < 4.78 is 30.0. The maximum atomic E-state index is 14.6. The molecule has 5 aromatic rings. The van der Waals surface area contributed by atoms with E-state index in [4.69, 9.17) is 23.7 Å². The molecule has 0 radical (unpaired) electrons. The standard InChI is InChI=1S/C46H45NO8/c1-30-26-35(45(50)55-39-18-10-17-38(39)47-44(49)34-20-22-36(23-21-34)53-28-32-12-5-3-6-13-32)27-31(2)41(30)43(48)42-37(46-51-24-11-25-52-46)16-9-19-40(42)54-29-33-14-7-4-8-15-33/h3-9,12-16,19-23,26-27,38-39,46H,10-11,17-18,24-25,28-29H2,1-2H3,(H,47,49)/t38-,39-/m1/s1. The first kappa shape index (κ1) is 37.5. The van der Waals surface area contributed by atoms with Crippen LogP contribution in [0.3, 0.4) is 0 Å². The zero-order valence-electron chi connectivity index (χ0n) is 31.1. The van der Waals surface area contributed by atoms with Crippen LogP contribution in [-0.2, 0) is 27.4 Å². The molecule has 55 heavy (non-hydrogen) atoms. The highest BCUT2D eigenvalue weighted by atomic mass is 16.7. The lowest BCUT2D eigenvalue weighted by molar-refractivity contribution is -0.183. The topological polar surface area (TPSA) is 109 Å². The van der Waals surface area contributed by atoms with Crippen LogP contribution in [0.25, 0.3) is 0 Å². The molecule has 282 valence electrons. The van der Waals surface area contributed by atoms with Gasteiger partial charge in [-0.05, 0) is 104 Å².